The van der Waals surface area contributed by atoms with E-state index in [0.29, 0.717) is 5.82 Å². The van der Waals surface area contributed by atoms with Crippen LogP contribution in [0.2, 0.25) is 0 Å². The fourth-order valence-electron chi connectivity index (χ4n) is 9.30. The third-order valence-electron chi connectivity index (χ3n) is 12.1. The first-order valence-corrected chi connectivity index (χ1v) is 19.7. The van der Waals surface area contributed by atoms with Crippen molar-refractivity contribution in [2.75, 3.05) is 0 Å². The van der Waals surface area contributed by atoms with Gasteiger partial charge in [-0.1, -0.05) is 190 Å². The first-order chi connectivity index (χ1) is 28.0. The number of nitrogens with zero attached hydrogens (tertiary/aromatic N) is 2. The van der Waals surface area contributed by atoms with Gasteiger partial charge in [-0.15, -0.1) is 0 Å². The number of hydrogen-bond acceptors (Lipinski definition) is 2. The van der Waals surface area contributed by atoms with E-state index in [1.54, 1.807) is 0 Å². The summed E-state index contributed by atoms with van der Waals surface area (Å²) in [7, 11) is 0. The molecule has 10 aromatic rings. The van der Waals surface area contributed by atoms with Crippen LogP contribution in [0.1, 0.15) is 25.0 Å². The molecule has 0 spiro atoms. The molecule has 1 aliphatic carbocycles. The van der Waals surface area contributed by atoms with Crippen molar-refractivity contribution in [3.63, 3.8) is 0 Å². The summed E-state index contributed by atoms with van der Waals surface area (Å²) in [4.78, 5) is 10.6. The quantitative estimate of drug-likeness (QED) is 0.176. The first-order valence-electron chi connectivity index (χ1n) is 19.7. The van der Waals surface area contributed by atoms with Crippen molar-refractivity contribution in [2.24, 2.45) is 0 Å². The van der Waals surface area contributed by atoms with E-state index in [9.17, 15) is 0 Å². The molecule has 0 saturated carbocycles. The third-order valence-corrected chi connectivity index (χ3v) is 12.1. The summed E-state index contributed by atoms with van der Waals surface area (Å²) in [5.41, 5.74) is 15.0. The van der Waals surface area contributed by atoms with Gasteiger partial charge in [0.1, 0.15) is 0 Å². The van der Waals surface area contributed by atoms with Gasteiger partial charge in [0, 0.05) is 22.1 Å². The lowest BCUT2D eigenvalue weighted by atomic mass is 9.81. The molecule has 0 amide bonds. The Labute approximate surface area is 332 Å². The van der Waals surface area contributed by atoms with Crippen molar-refractivity contribution in [1.29, 1.82) is 0 Å². The fourth-order valence-corrected chi connectivity index (χ4v) is 9.30. The summed E-state index contributed by atoms with van der Waals surface area (Å²) >= 11 is 0. The molecule has 0 bridgehead atoms. The maximum absolute atomic E-state index is 5.33. The van der Waals surface area contributed by atoms with E-state index in [4.69, 9.17) is 9.97 Å². The average molecular weight is 727 g/mol. The predicted octanol–water partition coefficient (Wildman–Crippen LogP) is 14.6. The molecule has 2 nitrogen and oxygen atoms in total. The van der Waals surface area contributed by atoms with Crippen molar-refractivity contribution < 1.29 is 0 Å². The minimum Gasteiger partial charge on any atom is -0.228 e. The van der Waals surface area contributed by atoms with E-state index in [1.165, 1.54) is 65.9 Å². The second-order valence-electron chi connectivity index (χ2n) is 15.7. The number of fused-ring (bicyclic) bond motifs is 6. The van der Waals surface area contributed by atoms with E-state index < -0.39 is 0 Å². The van der Waals surface area contributed by atoms with Crippen LogP contribution in [-0.4, -0.2) is 9.97 Å². The van der Waals surface area contributed by atoms with E-state index in [-0.39, 0.29) is 5.41 Å². The van der Waals surface area contributed by atoms with Gasteiger partial charge < -0.3 is 0 Å². The number of hydrogen-bond donors (Lipinski definition) is 0. The lowest BCUT2D eigenvalue weighted by molar-refractivity contribution is 0.661. The second-order valence-corrected chi connectivity index (χ2v) is 15.7. The smallest absolute Gasteiger partial charge is 0.160 e. The van der Waals surface area contributed by atoms with Gasteiger partial charge in [-0.05, 0) is 95.0 Å². The Hall–Kier alpha value is -7.16. The normalized spacial score (nSPS) is 12.9. The summed E-state index contributed by atoms with van der Waals surface area (Å²) in [6.45, 7) is 4.74. The summed E-state index contributed by atoms with van der Waals surface area (Å²) in [6, 6.07) is 70.1. The van der Waals surface area contributed by atoms with Gasteiger partial charge in [-0.25, -0.2) is 9.97 Å². The van der Waals surface area contributed by atoms with Gasteiger partial charge in [0.05, 0.1) is 11.4 Å². The Balaban J connectivity index is 1.12. The lowest BCUT2D eigenvalue weighted by Gasteiger charge is -2.22. The molecule has 1 heterocycles. The molecule has 1 aromatic heterocycles. The van der Waals surface area contributed by atoms with Crippen LogP contribution in [0.5, 0.6) is 0 Å². The van der Waals surface area contributed by atoms with Crippen molar-refractivity contribution in [3.05, 3.63) is 205 Å². The maximum atomic E-state index is 5.33. The molecule has 1 aliphatic rings. The molecule has 0 radical (unpaired) electrons. The fraction of sp³-hybridized carbons (Fsp3) is 0.0545. The van der Waals surface area contributed by atoms with Crippen LogP contribution < -0.4 is 0 Å². The molecule has 11 rings (SSSR count). The minimum atomic E-state index is -0.117. The van der Waals surface area contributed by atoms with Crippen LogP contribution in [0.15, 0.2) is 194 Å². The van der Waals surface area contributed by atoms with Crippen molar-refractivity contribution in [2.45, 2.75) is 19.3 Å². The van der Waals surface area contributed by atoms with Crippen LogP contribution in [0, 0.1) is 0 Å². The zero-order chi connectivity index (χ0) is 38.1. The van der Waals surface area contributed by atoms with Gasteiger partial charge in [-0.3, -0.25) is 0 Å². The first kappa shape index (κ1) is 33.2. The molecule has 0 N–H and O–H groups in total. The molecule has 57 heavy (non-hydrogen) atoms. The van der Waals surface area contributed by atoms with Crippen LogP contribution in [0.4, 0.5) is 0 Å². The van der Waals surface area contributed by atoms with E-state index in [0.717, 1.165) is 39.0 Å². The van der Waals surface area contributed by atoms with Gasteiger partial charge >= 0.3 is 0 Å². The number of benzene rings is 9. The molecule has 2 heteroatoms. The van der Waals surface area contributed by atoms with Crippen LogP contribution in [0.3, 0.4) is 0 Å². The highest BCUT2D eigenvalue weighted by atomic mass is 14.9. The van der Waals surface area contributed by atoms with Crippen LogP contribution >= 0.6 is 0 Å². The summed E-state index contributed by atoms with van der Waals surface area (Å²) in [6.07, 6.45) is 0. The monoisotopic (exact) mass is 726 g/mol. The minimum absolute atomic E-state index is 0.117. The van der Waals surface area contributed by atoms with Gasteiger partial charge in [0.25, 0.3) is 0 Å². The van der Waals surface area contributed by atoms with Crippen molar-refractivity contribution in [1.82, 2.24) is 9.97 Å². The molecule has 0 unspecified atom stereocenters. The number of aromatic nitrogens is 2. The lowest BCUT2D eigenvalue weighted by Crippen LogP contribution is -2.14. The molecule has 0 aliphatic heterocycles. The zero-order valence-electron chi connectivity index (χ0n) is 31.9. The summed E-state index contributed by atoms with van der Waals surface area (Å²) in [5.74, 6) is 0.705. The SMILES string of the molecule is CC1(C)c2cc3ccccc3cc2-c2c(-c3ccc(-c4cc(-c5ccccc5-c5cccc6ccccc56)nc(-c5ccccc5)n4)c4ccccc34)cccc21. The van der Waals surface area contributed by atoms with Crippen molar-refractivity contribution in [3.8, 4) is 67.3 Å². The Morgan fingerprint density at radius 1 is 0.333 bits per heavy atom. The molecular formula is C55H38N2. The maximum Gasteiger partial charge on any atom is 0.160 e. The van der Waals surface area contributed by atoms with Crippen LogP contribution in [-0.2, 0) is 5.41 Å². The molecular weight excluding hydrogens is 689 g/mol. The van der Waals surface area contributed by atoms with Gasteiger partial charge in [-0.2, -0.15) is 0 Å². The molecule has 0 saturated heterocycles. The largest absolute Gasteiger partial charge is 0.228 e. The Bertz CT molecular complexity index is 3210. The molecule has 9 aromatic carbocycles. The highest BCUT2D eigenvalue weighted by Crippen LogP contribution is 2.54. The molecule has 0 fully saturated rings. The summed E-state index contributed by atoms with van der Waals surface area (Å²) < 4.78 is 0. The molecule has 268 valence electrons. The average Bonchev–Trinajstić information content (AvgIpc) is 3.50. The molecule has 0 atom stereocenters. The van der Waals surface area contributed by atoms with Crippen LogP contribution in [0.25, 0.3) is 99.6 Å². The highest BCUT2D eigenvalue weighted by Gasteiger charge is 2.37. The standard InChI is InChI=1S/C55H38N2/c1-55(2)49-29-15-28-47(53(49)48-32-37-19-6-7-20-38(37)33-50(48)55)44-30-31-46(43-25-11-10-23-41(43)44)52-34-51(56-54(57-52)36-17-4-3-5-18-36)45-26-13-12-24-42(45)40-27-14-21-35-16-8-9-22-39(35)40/h3-34H,1-2H3. The Morgan fingerprint density at radius 2 is 0.860 bits per heavy atom. The van der Waals surface area contributed by atoms with Gasteiger partial charge in [0.15, 0.2) is 5.82 Å². The van der Waals surface area contributed by atoms with E-state index >= 15 is 0 Å². The zero-order valence-corrected chi connectivity index (χ0v) is 31.9. The highest BCUT2D eigenvalue weighted by molar-refractivity contribution is 6.09. The Morgan fingerprint density at radius 3 is 1.65 bits per heavy atom. The topological polar surface area (TPSA) is 25.8 Å². The summed E-state index contributed by atoms with van der Waals surface area (Å²) in [5, 5.41) is 7.35. The van der Waals surface area contributed by atoms with Crippen molar-refractivity contribution >= 4 is 32.3 Å². The van der Waals surface area contributed by atoms with E-state index in [2.05, 4.69) is 202 Å². The van der Waals surface area contributed by atoms with E-state index in [1.807, 2.05) is 6.07 Å². The second kappa shape index (κ2) is 13.0. The van der Waals surface area contributed by atoms with Gasteiger partial charge in [0.2, 0.25) is 0 Å². The number of rotatable bonds is 5. The Kier molecular flexibility index (Phi) is 7.55. The predicted molar refractivity (Wildman–Crippen MR) is 239 cm³/mol. The third kappa shape index (κ3) is 5.33.